The molecule has 0 aromatic rings. The van der Waals surface area contributed by atoms with Crippen LogP contribution >= 0.6 is 0 Å². The van der Waals surface area contributed by atoms with E-state index in [1.54, 1.807) is 0 Å². The van der Waals surface area contributed by atoms with Crippen molar-refractivity contribution in [3.05, 3.63) is 0 Å². The topological polar surface area (TPSA) is 101 Å². The van der Waals surface area contributed by atoms with Crippen molar-refractivity contribution in [2.24, 2.45) is 5.73 Å². The van der Waals surface area contributed by atoms with Gasteiger partial charge in [0.2, 0.25) is 5.91 Å². The molecule has 0 aliphatic carbocycles. The van der Waals surface area contributed by atoms with Crippen molar-refractivity contribution in [1.29, 1.82) is 0 Å². The second-order valence-corrected chi connectivity index (χ2v) is 4.34. The molecule has 1 rings (SSSR count). The highest BCUT2D eigenvalue weighted by Gasteiger charge is 2.34. The molecule has 3 N–H and O–H groups in total. The molecule has 6 heteroatoms. The minimum absolute atomic E-state index is 0.0405. The van der Waals surface area contributed by atoms with E-state index in [9.17, 15) is 14.4 Å². The number of hydrogen-bond acceptors (Lipinski definition) is 4. The van der Waals surface area contributed by atoms with Gasteiger partial charge in [0.25, 0.3) is 0 Å². The van der Waals surface area contributed by atoms with E-state index in [0.29, 0.717) is 13.0 Å². The minimum Gasteiger partial charge on any atom is -0.481 e. The van der Waals surface area contributed by atoms with E-state index in [2.05, 4.69) is 0 Å². The van der Waals surface area contributed by atoms with Gasteiger partial charge < -0.3 is 15.7 Å². The van der Waals surface area contributed by atoms with Crippen LogP contribution in [-0.4, -0.2) is 46.3 Å². The number of likely N-dealkylation sites (tertiary alicyclic amines) is 1. The highest BCUT2D eigenvalue weighted by molar-refractivity contribution is 5.90. The van der Waals surface area contributed by atoms with Gasteiger partial charge in [0.15, 0.2) is 5.78 Å². The standard InChI is InChI=1S/C11H18N2O4/c1-7(14)9-3-2-6-13(9)11(17)8(12)4-5-10(15)16/h8-9H,2-6,12H2,1H3,(H,15,16)/t8?,9-/m1/s1. The molecule has 1 amide bonds. The molecule has 1 unspecified atom stereocenters. The van der Waals surface area contributed by atoms with E-state index in [0.717, 1.165) is 6.42 Å². The maximum absolute atomic E-state index is 11.9. The summed E-state index contributed by atoms with van der Waals surface area (Å²) in [7, 11) is 0. The zero-order valence-corrected chi connectivity index (χ0v) is 9.89. The lowest BCUT2D eigenvalue weighted by atomic mass is 10.1. The number of carbonyl (C=O) groups is 3. The van der Waals surface area contributed by atoms with Gasteiger partial charge in [-0.15, -0.1) is 0 Å². The van der Waals surface area contributed by atoms with Crippen LogP contribution in [0.4, 0.5) is 0 Å². The summed E-state index contributed by atoms with van der Waals surface area (Å²) in [6, 6.07) is -1.20. The molecule has 0 bridgehead atoms. The molecule has 1 fully saturated rings. The third-order valence-corrected chi connectivity index (χ3v) is 2.99. The van der Waals surface area contributed by atoms with Crippen LogP contribution < -0.4 is 5.73 Å². The van der Waals surface area contributed by atoms with Crippen LogP contribution in [0.5, 0.6) is 0 Å². The van der Waals surface area contributed by atoms with Crippen LogP contribution in [0.3, 0.4) is 0 Å². The third-order valence-electron chi connectivity index (χ3n) is 2.99. The second-order valence-electron chi connectivity index (χ2n) is 4.34. The molecule has 0 spiro atoms. The molecule has 1 heterocycles. The summed E-state index contributed by atoms with van der Waals surface area (Å²) in [5.74, 6) is -1.33. The van der Waals surface area contributed by atoms with Gasteiger partial charge in [-0.25, -0.2) is 0 Å². The van der Waals surface area contributed by atoms with Crippen molar-refractivity contribution >= 4 is 17.7 Å². The lowest BCUT2D eigenvalue weighted by Crippen LogP contribution is -2.48. The van der Waals surface area contributed by atoms with E-state index in [1.165, 1.54) is 11.8 Å². The maximum Gasteiger partial charge on any atom is 0.303 e. The van der Waals surface area contributed by atoms with Gasteiger partial charge in [-0.1, -0.05) is 0 Å². The van der Waals surface area contributed by atoms with Gasteiger partial charge in [0.1, 0.15) is 0 Å². The highest BCUT2D eigenvalue weighted by Crippen LogP contribution is 2.19. The predicted octanol–water partition coefficient (Wildman–Crippen LogP) is -0.241. The smallest absolute Gasteiger partial charge is 0.303 e. The average molecular weight is 242 g/mol. The highest BCUT2D eigenvalue weighted by atomic mass is 16.4. The minimum atomic E-state index is -0.974. The number of nitrogens with zero attached hydrogens (tertiary/aromatic N) is 1. The zero-order valence-electron chi connectivity index (χ0n) is 9.89. The van der Waals surface area contributed by atoms with Crippen LogP contribution in [-0.2, 0) is 14.4 Å². The molecule has 1 aliphatic rings. The number of nitrogens with two attached hydrogens (primary N) is 1. The van der Waals surface area contributed by atoms with E-state index in [-0.39, 0.29) is 30.6 Å². The molecular formula is C11H18N2O4. The SMILES string of the molecule is CC(=O)[C@H]1CCCN1C(=O)C(N)CCC(=O)O. The Bertz CT molecular complexity index is 329. The molecule has 1 saturated heterocycles. The average Bonchev–Trinajstić information content (AvgIpc) is 2.73. The zero-order chi connectivity index (χ0) is 13.0. The van der Waals surface area contributed by atoms with Gasteiger partial charge in [0, 0.05) is 13.0 Å². The molecule has 17 heavy (non-hydrogen) atoms. The summed E-state index contributed by atoms with van der Waals surface area (Å²) in [6.45, 7) is 1.99. The molecule has 0 aromatic heterocycles. The van der Waals surface area contributed by atoms with Gasteiger partial charge in [0.05, 0.1) is 12.1 Å². The summed E-state index contributed by atoms with van der Waals surface area (Å²) < 4.78 is 0. The van der Waals surface area contributed by atoms with Crippen molar-refractivity contribution in [3.8, 4) is 0 Å². The number of Topliss-reactive ketones (excluding diaryl/α,β-unsaturated/α-hetero) is 1. The quantitative estimate of drug-likeness (QED) is 0.692. The van der Waals surface area contributed by atoms with Crippen molar-refractivity contribution in [3.63, 3.8) is 0 Å². The lowest BCUT2D eigenvalue weighted by Gasteiger charge is -2.25. The summed E-state index contributed by atoms with van der Waals surface area (Å²) in [5.41, 5.74) is 5.64. The molecule has 0 radical (unpaired) electrons. The number of rotatable bonds is 5. The van der Waals surface area contributed by atoms with Gasteiger partial charge in [-0.05, 0) is 26.2 Å². The number of ketones is 1. The Morgan fingerprint density at radius 3 is 2.65 bits per heavy atom. The first-order valence-electron chi connectivity index (χ1n) is 5.71. The summed E-state index contributed by atoms with van der Waals surface area (Å²) in [4.78, 5) is 35.1. The molecular weight excluding hydrogens is 224 g/mol. The Balaban J connectivity index is 2.56. The lowest BCUT2D eigenvalue weighted by molar-refractivity contribution is -0.139. The number of aliphatic carboxylic acids is 1. The molecule has 96 valence electrons. The number of carboxylic acids is 1. The Morgan fingerprint density at radius 1 is 1.47 bits per heavy atom. The van der Waals surface area contributed by atoms with Crippen LogP contribution in [0.1, 0.15) is 32.6 Å². The molecule has 0 saturated carbocycles. The number of amides is 1. The third kappa shape index (κ3) is 3.52. The Morgan fingerprint density at radius 2 is 2.12 bits per heavy atom. The second kappa shape index (κ2) is 5.77. The van der Waals surface area contributed by atoms with Crippen molar-refractivity contribution in [1.82, 2.24) is 4.90 Å². The van der Waals surface area contributed by atoms with E-state index in [1.807, 2.05) is 0 Å². The summed E-state index contributed by atoms with van der Waals surface area (Å²) in [6.07, 6.45) is 1.44. The maximum atomic E-state index is 11.9. The first-order chi connectivity index (χ1) is 7.93. The van der Waals surface area contributed by atoms with E-state index < -0.39 is 12.0 Å². The van der Waals surface area contributed by atoms with Gasteiger partial charge in [-0.2, -0.15) is 0 Å². The van der Waals surface area contributed by atoms with Crippen molar-refractivity contribution < 1.29 is 19.5 Å². The molecule has 1 aliphatic heterocycles. The van der Waals surface area contributed by atoms with Crippen molar-refractivity contribution in [2.75, 3.05) is 6.54 Å². The van der Waals surface area contributed by atoms with E-state index >= 15 is 0 Å². The molecule has 2 atom stereocenters. The largest absolute Gasteiger partial charge is 0.481 e. The normalized spacial score (nSPS) is 21.3. The molecule has 6 nitrogen and oxygen atoms in total. The van der Waals surface area contributed by atoms with Gasteiger partial charge >= 0.3 is 5.97 Å². The number of hydrogen-bond donors (Lipinski definition) is 2. The fraction of sp³-hybridized carbons (Fsp3) is 0.727. The van der Waals surface area contributed by atoms with E-state index in [4.69, 9.17) is 10.8 Å². The van der Waals surface area contributed by atoms with Crippen LogP contribution in [0.2, 0.25) is 0 Å². The summed E-state index contributed by atoms with van der Waals surface area (Å²) >= 11 is 0. The monoisotopic (exact) mass is 242 g/mol. The Hall–Kier alpha value is -1.43. The van der Waals surface area contributed by atoms with Crippen LogP contribution in [0.15, 0.2) is 0 Å². The molecule has 0 aromatic carbocycles. The van der Waals surface area contributed by atoms with Crippen LogP contribution in [0, 0.1) is 0 Å². The first kappa shape index (κ1) is 13.6. The van der Waals surface area contributed by atoms with Gasteiger partial charge in [-0.3, -0.25) is 14.4 Å². The fourth-order valence-corrected chi connectivity index (χ4v) is 2.07. The number of carbonyl (C=O) groups excluding carboxylic acids is 2. The predicted molar refractivity (Wildman–Crippen MR) is 60.3 cm³/mol. The number of carboxylic acid groups (broad SMARTS) is 1. The Labute approximate surface area is 99.8 Å². The Kier molecular flexibility index (Phi) is 4.62. The summed E-state index contributed by atoms with van der Waals surface area (Å²) in [5, 5.41) is 8.52. The van der Waals surface area contributed by atoms with Crippen LogP contribution in [0.25, 0.3) is 0 Å². The fourth-order valence-electron chi connectivity index (χ4n) is 2.07. The first-order valence-corrected chi connectivity index (χ1v) is 5.71. The van der Waals surface area contributed by atoms with Crippen molar-refractivity contribution in [2.45, 2.75) is 44.7 Å².